The molecule has 1 unspecified atom stereocenters. The van der Waals surface area contributed by atoms with Crippen molar-refractivity contribution in [3.8, 4) is 11.5 Å². The molecule has 3 amide bonds. The molecule has 48 heavy (non-hydrogen) atoms. The van der Waals surface area contributed by atoms with E-state index in [0.717, 1.165) is 10.5 Å². The minimum absolute atomic E-state index is 0.0346. The molecule has 8 nitrogen and oxygen atoms in total. The van der Waals surface area contributed by atoms with Crippen LogP contribution in [0.25, 0.3) is 6.08 Å². The molecule has 0 aliphatic rings. The van der Waals surface area contributed by atoms with Gasteiger partial charge in [0.05, 0.1) is 19.4 Å². The maximum atomic E-state index is 13.8. The summed E-state index contributed by atoms with van der Waals surface area (Å²) in [6.07, 6.45) is 1.59. The van der Waals surface area contributed by atoms with Gasteiger partial charge >= 0.3 is 0 Å². The monoisotopic (exact) mass is 657 g/mol. The lowest BCUT2D eigenvalue weighted by Crippen LogP contribution is -2.30. The van der Waals surface area contributed by atoms with Crippen LogP contribution >= 0.6 is 11.8 Å². The molecule has 0 spiro atoms. The van der Waals surface area contributed by atoms with Gasteiger partial charge in [0.2, 0.25) is 5.91 Å². The summed E-state index contributed by atoms with van der Waals surface area (Å²) in [7, 11) is 1.56. The molecule has 5 aromatic rings. The molecule has 0 saturated heterocycles. The zero-order valence-corrected chi connectivity index (χ0v) is 27.3. The number of rotatable bonds is 13. The van der Waals surface area contributed by atoms with Gasteiger partial charge in [-0.3, -0.25) is 14.4 Å². The van der Waals surface area contributed by atoms with Crippen molar-refractivity contribution in [2.75, 3.05) is 24.4 Å². The summed E-state index contributed by atoms with van der Waals surface area (Å²) in [5.74, 6) is -0.0503. The fraction of sp³-hybridized carbons (Fsp3) is 0.103. The Hall–Kier alpha value is -5.80. The fourth-order valence-electron chi connectivity index (χ4n) is 4.81. The summed E-state index contributed by atoms with van der Waals surface area (Å²) in [5, 5.41) is 8.07. The van der Waals surface area contributed by atoms with E-state index in [4.69, 9.17) is 9.47 Å². The van der Waals surface area contributed by atoms with Gasteiger partial charge in [-0.1, -0.05) is 84.9 Å². The van der Waals surface area contributed by atoms with E-state index in [1.54, 1.807) is 73.8 Å². The van der Waals surface area contributed by atoms with E-state index in [0.29, 0.717) is 40.6 Å². The van der Waals surface area contributed by atoms with Gasteiger partial charge in [-0.25, -0.2) is 0 Å². The third kappa shape index (κ3) is 8.92. The van der Waals surface area contributed by atoms with Gasteiger partial charge in [0.15, 0.2) is 0 Å². The molecule has 0 aromatic heterocycles. The van der Waals surface area contributed by atoms with Crippen molar-refractivity contribution in [1.82, 2.24) is 5.32 Å². The van der Waals surface area contributed by atoms with E-state index in [2.05, 4.69) is 16.0 Å². The summed E-state index contributed by atoms with van der Waals surface area (Å²) in [6, 6.07) is 39.9. The van der Waals surface area contributed by atoms with Crippen LogP contribution in [0, 0.1) is 0 Å². The summed E-state index contributed by atoms with van der Waals surface area (Å²) >= 11 is 1.35. The summed E-state index contributed by atoms with van der Waals surface area (Å²) in [5.41, 5.74) is 2.94. The first-order valence-corrected chi connectivity index (χ1v) is 16.2. The molecule has 242 valence electrons. The first-order valence-electron chi connectivity index (χ1n) is 15.3. The molecule has 0 heterocycles. The molecule has 0 saturated carbocycles. The van der Waals surface area contributed by atoms with Crippen molar-refractivity contribution in [1.29, 1.82) is 0 Å². The maximum Gasteiger partial charge on any atom is 0.272 e. The van der Waals surface area contributed by atoms with E-state index in [1.165, 1.54) is 11.8 Å². The third-order valence-corrected chi connectivity index (χ3v) is 8.35. The molecular formula is C39H35N3O5S. The molecule has 5 rings (SSSR count). The summed E-state index contributed by atoms with van der Waals surface area (Å²) in [4.78, 5) is 41.3. The molecule has 3 N–H and O–H groups in total. The highest BCUT2D eigenvalue weighted by atomic mass is 32.2. The first kappa shape index (κ1) is 33.6. The number of hydrogen-bond donors (Lipinski definition) is 3. The SMILES string of the molecule is CCOc1ccccc1/C=C(/NC(=O)c1ccccc1)C(=O)Nc1cccc(SC(C(=O)Nc2ccccc2OC)c2ccccc2)c1. The fourth-order valence-corrected chi connectivity index (χ4v) is 5.90. The van der Waals surface area contributed by atoms with E-state index in [1.807, 2.05) is 79.7 Å². The molecule has 0 fully saturated rings. The molecule has 0 bridgehead atoms. The maximum absolute atomic E-state index is 13.8. The first-order chi connectivity index (χ1) is 23.4. The predicted octanol–water partition coefficient (Wildman–Crippen LogP) is 7.98. The number of amides is 3. The lowest BCUT2D eigenvalue weighted by Gasteiger charge is -2.19. The Bertz CT molecular complexity index is 1900. The Morgan fingerprint density at radius 3 is 2.15 bits per heavy atom. The highest BCUT2D eigenvalue weighted by molar-refractivity contribution is 8.00. The van der Waals surface area contributed by atoms with Crippen molar-refractivity contribution in [2.45, 2.75) is 17.1 Å². The van der Waals surface area contributed by atoms with Gasteiger partial charge in [0.25, 0.3) is 11.8 Å². The minimum Gasteiger partial charge on any atom is -0.495 e. The number of carbonyl (C=O) groups excluding carboxylic acids is 3. The van der Waals surface area contributed by atoms with Gasteiger partial charge in [-0.15, -0.1) is 11.8 Å². The van der Waals surface area contributed by atoms with Crippen LogP contribution in [0.15, 0.2) is 144 Å². The lowest BCUT2D eigenvalue weighted by molar-refractivity contribution is -0.116. The number of thioether (sulfide) groups is 1. The van der Waals surface area contributed by atoms with Crippen LogP contribution < -0.4 is 25.4 Å². The zero-order valence-electron chi connectivity index (χ0n) is 26.5. The Morgan fingerprint density at radius 1 is 0.750 bits per heavy atom. The molecule has 9 heteroatoms. The van der Waals surface area contributed by atoms with Crippen LogP contribution in [-0.2, 0) is 9.59 Å². The highest BCUT2D eigenvalue weighted by Gasteiger charge is 2.24. The summed E-state index contributed by atoms with van der Waals surface area (Å²) in [6.45, 7) is 2.31. The van der Waals surface area contributed by atoms with E-state index in [9.17, 15) is 14.4 Å². The quantitative estimate of drug-likeness (QED) is 0.0876. The molecule has 0 aliphatic carbocycles. The Morgan fingerprint density at radius 2 is 1.42 bits per heavy atom. The highest BCUT2D eigenvalue weighted by Crippen LogP contribution is 2.38. The number of para-hydroxylation sites is 3. The molecule has 5 aromatic carbocycles. The topological polar surface area (TPSA) is 106 Å². The van der Waals surface area contributed by atoms with Crippen LogP contribution in [-0.4, -0.2) is 31.4 Å². The second-order valence-electron chi connectivity index (χ2n) is 10.4. The summed E-state index contributed by atoms with van der Waals surface area (Å²) < 4.78 is 11.2. The van der Waals surface area contributed by atoms with Crippen LogP contribution in [0.4, 0.5) is 11.4 Å². The second kappa shape index (κ2) is 16.7. The normalized spacial score (nSPS) is 11.6. The average Bonchev–Trinajstić information content (AvgIpc) is 3.12. The number of ether oxygens (including phenoxy) is 2. The Balaban J connectivity index is 1.40. The van der Waals surface area contributed by atoms with Gasteiger partial charge in [0, 0.05) is 21.7 Å². The number of carbonyl (C=O) groups is 3. The molecular weight excluding hydrogens is 623 g/mol. The second-order valence-corrected chi connectivity index (χ2v) is 11.6. The van der Waals surface area contributed by atoms with Crippen molar-refractivity contribution < 1.29 is 23.9 Å². The smallest absolute Gasteiger partial charge is 0.272 e. The lowest BCUT2D eigenvalue weighted by atomic mass is 10.1. The number of methoxy groups -OCH3 is 1. The van der Waals surface area contributed by atoms with Crippen LogP contribution in [0.3, 0.4) is 0 Å². The molecule has 1 atom stereocenters. The van der Waals surface area contributed by atoms with Crippen molar-refractivity contribution in [2.24, 2.45) is 0 Å². The van der Waals surface area contributed by atoms with Gasteiger partial charge in [-0.05, 0) is 67.1 Å². The molecule has 0 radical (unpaired) electrons. The minimum atomic E-state index is -0.613. The number of anilines is 2. The largest absolute Gasteiger partial charge is 0.495 e. The van der Waals surface area contributed by atoms with Crippen LogP contribution in [0.5, 0.6) is 11.5 Å². The van der Waals surface area contributed by atoms with Gasteiger partial charge in [-0.2, -0.15) is 0 Å². The van der Waals surface area contributed by atoms with Crippen LogP contribution in [0.1, 0.15) is 33.7 Å². The van der Waals surface area contributed by atoms with Crippen molar-refractivity contribution >= 4 is 46.9 Å². The number of hydrogen-bond acceptors (Lipinski definition) is 6. The number of nitrogens with one attached hydrogen (secondary N) is 3. The predicted molar refractivity (Wildman–Crippen MR) is 191 cm³/mol. The average molecular weight is 658 g/mol. The van der Waals surface area contributed by atoms with Crippen molar-refractivity contribution in [3.05, 3.63) is 156 Å². The third-order valence-electron chi connectivity index (χ3n) is 7.10. The van der Waals surface area contributed by atoms with E-state index < -0.39 is 17.1 Å². The van der Waals surface area contributed by atoms with E-state index in [-0.39, 0.29) is 11.6 Å². The van der Waals surface area contributed by atoms with Crippen molar-refractivity contribution in [3.63, 3.8) is 0 Å². The van der Waals surface area contributed by atoms with Gasteiger partial charge < -0.3 is 25.4 Å². The standard InChI is InChI=1S/C39H35N3O5S/c1-3-47-34-23-12-10-19-29(34)25-33(42-37(43)28-17-8-5-9-18-28)38(44)40-30-20-14-21-31(26-30)48-36(27-15-6-4-7-16-27)39(45)41-32-22-11-13-24-35(32)46-2/h4-26,36H,3H2,1-2H3,(H,40,44)(H,41,45)(H,42,43)/b33-25+. The molecule has 0 aliphatic heterocycles. The van der Waals surface area contributed by atoms with E-state index >= 15 is 0 Å². The van der Waals surface area contributed by atoms with Crippen LogP contribution in [0.2, 0.25) is 0 Å². The van der Waals surface area contributed by atoms with Gasteiger partial charge in [0.1, 0.15) is 22.4 Å². The number of benzene rings is 5. The Kier molecular flexibility index (Phi) is 11.7. The Labute approximate surface area is 284 Å². The zero-order chi connectivity index (χ0) is 33.7.